The largest absolute Gasteiger partial charge is 0.393 e. The number of carbonyl (C=O) groups excluding carboxylic acids is 1. The van der Waals surface area contributed by atoms with Crippen molar-refractivity contribution in [1.82, 2.24) is 0 Å². The first-order chi connectivity index (χ1) is 14.9. The molecule has 4 saturated carbocycles. The first-order valence-electron chi connectivity index (χ1n) is 13.5. The zero-order valence-corrected chi connectivity index (χ0v) is 21.3. The molecule has 12 atom stereocenters. The minimum atomic E-state index is -0.694. The predicted octanol–water partition coefficient (Wildman–Crippen LogP) is 4.84. The lowest BCUT2D eigenvalue weighted by molar-refractivity contribution is -0.161. The molecule has 0 aromatic carbocycles. The Kier molecular flexibility index (Phi) is 6.66. The van der Waals surface area contributed by atoms with Crippen molar-refractivity contribution < 1.29 is 20.1 Å². The van der Waals surface area contributed by atoms with E-state index in [-0.39, 0.29) is 34.7 Å². The van der Waals surface area contributed by atoms with Crippen LogP contribution in [0.1, 0.15) is 92.9 Å². The zero-order chi connectivity index (χ0) is 23.6. The number of carbonyl (C=O) groups is 1. The van der Waals surface area contributed by atoms with Gasteiger partial charge in [-0.1, -0.05) is 41.5 Å². The van der Waals surface area contributed by atoms with Crippen molar-refractivity contribution in [2.75, 3.05) is 0 Å². The second-order valence-corrected chi connectivity index (χ2v) is 13.2. The zero-order valence-electron chi connectivity index (χ0n) is 21.3. The van der Waals surface area contributed by atoms with Crippen LogP contribution in [0.3, 0.4) is 0 Å². The van der Waals surface area contributed by atoms with Crippen molar-refractivity contribution in [1.29, 1.82) is 0 Å². The van der Waals surface area contributed by atoms with E-state index in [1.54, 1.807) is 0 Å². The van der Waals surface area contributed by atoms with Gasteiger partial charge in [0.15, 0.2) is 0 Å². The summed E-state index contributed by atoms with van der Waals surface area (Å²) in [7, 11) is 0. The number of Topliss-reactive ketones (excluding diaryl/α,β-unsaturated/α-hetero) is 1. The standard InChI is InChI=1S/C28H48O4/c1-15(2)16(3)25(31)26(32)17(4)20-7-8-21-19-14-24(30)23-13-18(29)9-11-28(23,6)22(19)10-12-27(20,21)5/h15-23,25-26,29,31-32H,7-14H2,1-6H3/t16-,17-,18-,19-,20+,21-,22-,23+,25+,26+,27-,28+/m0/s1. The molecule has 0 heterocycles. The van der Waals surface area contributed by atoms with E-state index < -0.39 is 12.2 Å². The van der Waals surface area contributed by atoms with Crippen LogP contribution in [0.25, 0.3) is 0 Å². The van der Waals surface area contributed by atoms with Gasteiger partial charge in [0.1, 0.15) is 5.78 Å². The van der Waals surface area contributed by atoms with Gasteiger partial charge in [-0.15, -0.1) is 0 Å². The highest BCUT2D eigenvalue weighted by Gasteiger charge is 2.63. The van der Waals surface area contributed by atoms with Gasteiger partial charge >= 0.3 is 0 Å². The summed E-state index contributed by atoms with van der Waals surface area (Å²) in [6.45, 7) is 13.2. The molecule has 4 aliphatic rings. The Balaban J connectivity index is 1.54. The number of rotatable bonds is 5. The number of ketones is 1. The van der Waals surface area contributed by atoms with E-state index >= 15 is 0 Å². The molecule has 0 aromatic rings. The van der Waals surface area contributed by atoms with Crippen molar-refractivity contribution in [3.8, 4) is 0 Å². The van der Waals surface area contributed by atoms with Crippen LogP contribution >= 0.6 is 0 Å². The first kappa shape index (κ1) is 24.7. The molecule has 4 rings (SSSR count). The molecule has 3 N–H and O–H groups in total. The van der Waals surface area contributed by atoms with Crippen LogP contribution in [-0.2, 0) is 4.79 Å². The molecule has 0 saturated heterocycles. The average molecular weight is 449 g/mol. The topological polar surface area (TPSA) is 77.8 Å². The summed E-state index contributed by atoms with van der Waals surface area (Å²) < 4.78 is 0. The lowest BCUT2D eigenvalue weighted by atomic mass is 9.44. The Bertz CT molecular complexity index is 706. The van der Waals surface area contributed by atoms with Crippen LogP contribution in [0.4, 0.5) is 0 Å². The van der Waals surface area contributed by atoms with E-state index in [2.05, 4.69) is 34.6 Å². The predicted molar refractivity (Wildman–Crippen MR) is 127 cm³/mol. The average Bonchev–Trinajstić information content (AvgIpc) is 3.10. The van der Waals surface area contributed by atoms with Gasteiger partial charge in [0, 0.05) is 12.3 Å². The summed E-state index contributed by atoms with van der Waals surface area (Å²) in [5.41, 5.74) is 0.187. The molecule has 0 radical (unpaired) electrons. The Morgan fingerprint density at radius 3 is 2.16 bits per heavy atom. The van der Waals surface area contributed by atoms with Crippen LogP contribution in [0.15, 0.2) is 0 Å². The fraction of sp³-hybridized carbons (Fsp3) is 0.964. The normalized spacial score (nSPS) is 47.9. The van der Waals surface area contributed by atoms with Gasteiger partial charge in [-0.3, -0.25) is 4.79 Å². The highest BCUT2D eigenvalue weighted by atomic mass is 16.3. The van der Waals surface area contributed by atoms with Crippen molar-refractivity contribution >= 4 is 5.78 Å². The molecule has 0 bridgehead atoms. The van der Waals surface area contributed by atoms with Gasteiger partial charge in [0.05, 0.1) is 18.3 Å². The molecule has 0 amide bonds. The van der Waals surface area contributed by atoms with Crippen molar-refractivity contribution in [2.24, 2.45) is 58.2 Å². The molecule has 0 spiro atoms. The summed E-state index contributed by atoms with van der Waals surface area (Å²) in [6, 6.07) is 0. The van der Waals surface area contributed by atoms with Crippen LogP contribution < -0.4 is 0 Å². The highest BCUT2D eigenvalue weighted by Crippen LogP contribution is 2.67. The number of hydrogen-bond donors (Lipinski definition) is 3. The third kappa shape index (κ3) is 3.71. The van der Waals surface area contributed by atoms with Gasteiger partial charge in [-0.25, -0.2) is 0 Å². The second kappa shape index (κ2) is 8.64. The molecule has 0 aliphatic heterocycles. The van der Waals surface area contributed by atoms with E-state index in [1.807, 2.05) is 6.92 Å². The molecule has 4 aliphatic carbocycles. The molecule has 0 aromatic heterocycles. The lowest BCUT2D eigenvalue weighted by Crippen LogP contribution is -2.57. The van der Waals surface area contributed by atoms with Gasteiger partial charge < -0.3 is 15.3 Å². The molecule has 0 unspecified atom stereocenters. The monoisotopic (exact) mass is 448 g/mol. The maximum absolute atomic E-state index is 13.3. The second-order valence-electron chi connectivity index (χ2n) is 13.2. The number of aliphatic hydroxyl groups is 3. The van der Waals surface area contributed by atoms with Gasteiger partial charge in [0.2, 0.25) is 0 Å². The Labute approximate surface area is 195 Å². The van der Waals surface area contributed by atoms with E-state index in [4.69, 9.17) is 0 Å². The van der Waals surface area contributed by atoms with Crippen LogP contribution in [0, 0.1) is 58.2 Å². The van der Waals surface area contributed by atoms with Crippen LogP contribution in [-0.4, -0.2) is 39.4 Å². The quantitative estimate of drug-likeness (QED) is 0.563. The Morgan fingerprint density at radius 2 is 1.50 bits per heavy atom. The maximum Gasteiger partial charge on any atom is 0.136 e. The SMILES string of the molecule is CC(C)[C@H](C)[C@@H](O)[C@H](O)[C@@H](C)[C@H]1CC[C@H]2[C@@H]3CC(=O)[C@H]4C[C@@H](O)CC[C@]4(C)[C@H]3CC[C@@]12C. The highest BCUT2D eigenvalue weighted by molar-refractivity contribution is 5.83. The Hall–Kier alpha value is -0.450. The summed E-state index contributed by atoms with van der Waals surface area (Å²) in [5.74, 6) is 2.88. The number of hydrogen-bond acceptors (Lipinski definition) is 4. The molecule has 4 nitrogen and oxygen atoms in total. The molecular formula is C28H48O4. The summed E-state index contributed by atoms with van der Waals surface area (Å²) in [5, 5.41) is 32.2. The number of aliphatic hydroxyl groups excluding tert-OH is 3. The summed E-state index contributed by atoms with van der Waals surface area (Å²) >= 11 is 0. The van der Waals surface area contributed by atoms with E-state index in [0.29, 0.717) is 48.2 Å². The minimum Gasteiger partial charge on any atom is -0.393 e. The molecule has 4 heteroatoms. The molecule has 184 valence electrons. The maximum atomic E-state index is 13.3. The van der Waals surface area contributed by atoms with Crippen LogP contribution in [0.5, 0.6) is 0 Å². The fourth-order valence-electron chi connectivity index (χ4n) is 9.18. The van der Waals surface area contributed by atoms with E-state index in [0.717, 1.165) is 38.5 Å². The molecule has 4 fully saturated rings. The third-order valence-corrected chi connectivity index (χ3v) is 11.6. The third-order valence-electron chi connectivity index (χ3n) is 11.6. The first-order valence-corrected chi connectivity index (χ1v) is 13.5. The van der Waals surface area contributed by atoms with Crippen molar-refractivity contribution in [3.05, 3.63) is 0 Å². The number of fused-ring (bicyclic) bond motifs is 5. The minimum absolute atomic E-state index is 0.0440. The van der Waals surface area contributed by atoms with Crippen molar-refractivity contribution in [3.63, 3.8) is 0 Å². The summed E-state index contributed by atoms with van der Waals surface area (Å²) in [6.07, 6.45) is 6.05. The van der Waals surface area contributed by atoms with E-state index in [1.165, 1.54) is 0 Å². The van der Waals surface area contributed by atoms with Crippen LogP contribution in [0.2, 0.25) is 0 Å². The summed E-state index contributed by atoms with van der Waals surface area (Å²) in [4.78, 5) is 13.3. The molecule has 32 heavy (non-hydrogen) atoms. The Morgan fingerprint density at radius 1 is 0.875 bits per heavy atom. The fourth-order valence-corrected chi connectivity index (χ4v) is 9.18. The van der Waals surface area contributed by atoms with Gasteiger partial charge in [0.25, 0.3) is 0 Å². The lowest BCUT2D eigenvalue weighted by Gasteiger charge is -2.60. The van der Waals surface area contributed by atoms with Gasteiger partial charge in [-0.05, 0) is 97.2 Å². The van der Waals surface area contributed by atoms with E-state index in [9.17, 15) is 20.1 Å². The molecular weight excluding hydrogens is 400 g/mol. The van der Waals surface area contributed by atoms with Crippen molar-refractivity contribution in [2.45, 2.75) is 111 Å². The van der Waals surface area contributed by atoms with Gasteiger partial charge in [-0.2, -0.15) is 0 Å². The smallest absolute Gasteiger partial charge is 0.136 e.